The molecule has 1 saturated carbocycles. The van der Waals surface area contributed by atoms with Gasteiger partial charge in [-0.2, -0.15) is 9.46 Å². The quantitative estimate of drug-likeness (QED) is 0.669. The lowest BCUT2D eigenvalue weighted by atomic mass is 10.0. The number of aromatic hydroxyl groups is 1. The standard InChI is InChI=1S/C21H26ClN3O4S/c1-25-21(27)16(13-23-25)20(26)15-9-10-17(29-14-7-3-4-8-14)19(18(15)22)24-30(28)11-5-2-6-12-30/h9-10,13-14,27H,2-8,11-12H2,1H3. The van der Waals surface area contributed by atoms with Gasteiger partial charge in [0.15, 0.2) is 0 Å². The summed E-state index contributed by atoms with van der Waals surface area (Å²) in [5.41, 5.74) is 0.512. The fourth-order valence-electron chi connectivity index (χ4n) is 4.02. The molecule has 0 bridgehead atoms. The van der Waals surface area contributed by atoms with Crippen LogP contribution in [0.5, 0.6) is 11.6 Å². The van der Waals surface area contributed by atoms with E-state index >= 15 is 0 Å². The minimum absolute atomic E-state index is 0.0525. The molecular weight excluding hydrogens is 426 g/mol. The first-order valence-electron chi connectivity index (χ1n) is 10.4. The maximum atomic E-state index is 13.3. The zero-order valence-corrected chi connectivity index (χ0v) is 18.5. The van der Waals surface area contributed by atoms with Crippen LogP contribution in [0.25, 0.3) is 0 Å². The van der Waals surface area contributed by atoms with Gasteiger partial charge in [0.1, 0.15) is 17.0 Å². The SMILES string of the molecule is Cn1ncc(C(=O)c2ccc(OC3CCCC3)c(N=S3(=O)CCCCC3)c2Cl)c1O. The normalized spacial score (nSPS) is 19.0. The van der Waals surface area contributed by atoms with E-state index in [1.165, 1.54) is 10.9 Å². The first-order chi connectivity index (χ1) is 14.4. The fraction of sp³-hybridized carbons (Fsp3) is 0.524. The topological polar surface area (TPSA) is 93.8 Å². The van der Waals surface area contributed by atoms with Crippen molar-refractivity contribution < 1.29 is 18.8 Å². The molecule has 1 aromatic heterocycles. The van der Waals surface area contributed by atoms with Crippen LogP contribution < -0.4 is 4.74 Å². The van der Waals surface area contributed by atoms with Crippen molar-refractivity contribution in [1.82, 2.24) is 9.78 Å². The maximum absolute atomic E-state index is 13.3. The van der Waals surface area contributed by atoms with Crippen LogP contribution in [-0.4, -0.2) is 42.5 Å². The van der Waals surface area contributed by atoms with Crippen molar-refractivity contribution in [3.63, 3.8) is 0 Å². The molecule has 1 aromatic carbocycles. The molecule has 1 aliphatic heterocycles. The molecule has 2 heterocycles. The number of aromatic nitrogens is 2. The number of ether oxygens (including phenoxy) is 1. The number of nitrogens with zero attached hydrogens (tertiary/aromatic N) is 3. The third-order valence-corrected chi connectivity index (χ3v) is 8.51. The van der Waals surface area contributed by atoms with Crippen LogP contribution in [0.3, 0.4) is 0 Å². The Hall–Kier alpha value is -2.06. The zero-order valence-electron chi connectivity index (χ0n) is 17.0. The molecule has 0 unspecified atom stereocenters. The number of halogens is 1. The first kappa shape index (κ1) is 21.2. The van der Waals surface area contributed by atoms with E-state index in [0.29, 0.717) is 17.3 Å². The Morgan fingerprint density at radius 1 is 1.20 bits per heavy atom. The molecule has 30 heavy (non-hydrogen) atoms. The summed E-state index contributed by atoms with van der Waals surface area (Å²) in [5.74, 6) is 0.806. The summed E-state index contributed by atoms with van der Waals surface area (Å²) >= 11 is 6.66. The Labute approximate surface area is 181 Å². The summed E-state index contributed by atoms with van der Waals surface area (Å²) in [6.45, 7) is 0. The Morgan fingerprint density at radius 2 is 1.90 bits per heavy atom. The van der Waals surface area contributed by atoms with Crippen molar-refractivity contribution in [3.8, 4) is 11.6 Å². The van der Waals surface area contributed by atoms with E-state index in [0.717, 1.165) is 44.9 Å². The molecule has 2 fully saturated rings. The predicted molar refractivity (Wildman–Crippen MR) is 116 cm³/mol. The number of benzene rings is 1. The molecule has 162 valence electrons. The van der Waals surface area contributed by atoms with Crippen molar-refractivity contribution >= 4 is 32.8 Å². The number of ketones is 1. The monoisotopic (exact) mass is 451 g/mol. The van der Waals surface area contributed by atoms with Gasteiger partial charge in [-0.05, 0) is 50.7 Å². The lowest BCUT2D eigenvalue weighted by Gasteiger charge is -2.19. The number of carbonyl (C=O) groups excluding carboxylic acids is 1. The van der Waals surface area contributed by atoms with E-state index in [1.807, 2.05) is 0 Å². The van der Waals surface area contributed by atoms with Gasteiger partial charge in [0.2, 0.25) is 11.7 Å². The molecule has 0 spiro atoms. The summed E-state index contributed by atoms with van der Waals surface area (Å²) in [5, 5.41) is 14.1. The van der Waals surface area contributed by atoms with Gasteiger partial charge in [0.05, 0.1) is 27.1 Å². The molecule has 1 saturated heterocycles. The van der Waals surface area contributed by atoms with Gasteiger partial charge in [-0.1, -0.05) is 18.0 Å². The van der Waals surface area contributed by atoms with E-state index in [1.54, 1.807) is 19.2 Å². The number of carbonyl (C=O) groups is 1. The summed E-state index contributed by atoms with van der Waals surface area (Å²) in [4.78, 5) is 13.0. The van der Waals surface area contributed by atoms with Gasteiger partial charge >= 0.3 is 0 Å². The van der Waals surface area contributed by atoms with Crippen LogP contribution in [0.2, 0.25) is 5.02 Å². The van der Waals surface area contributed by atoms with Crippen LogP contribution in [0.4, 0.5) is 5.69 Å². The summed E-state index contributed by atoms with van der Waals surface area (Å²) < 4.78 is 25.3. The highest BCUT2D eigenvalue weighted by atomic mass is 35.5. The van der Waals surface area contributed by atoms with E-state index < -0.39 is 15.5 Å². The van der Waals surface area contributed by atoms with Crippen molar-refractivity contribution in [1.29, 1.82) is 0 Å². The van der Waals surface area contributed by atoms with Crippen LogP contribution in [-0.2, 0) is 16.8 Å². The largest absolute Gasteiger partial charge is 0.493 e. The van der Waals surface area contributed by atoms with Gasteiger partial charge in [0.25, 0.3) is 0 Å². The van der Waals surface area contributed by atoms with Gasteiger partial charge in [-0.25, -0.2) is 8.89 Å². The molecule has 0 amide bonds. The molecule has 2 aromatic rings. The van der Waals surface area contributed by atoms with Crippen LogP contribution in [0, 0.1) is 0 Å². The number of rotatable bonds is 5. The maximum Gasteiger partial charge on any atom is 0.220 e. The van der Waals surface area contributed by atoms with Crippen LogP contribution in [0.1, 0.15) is 60.9 Å². The molecule has 7 nitrogen and oxygen atoms in total. The predicted octanol–water partition coefficient (Wildman–Crippen LogP) is 4.61. The molecular formula is C21H26ClN3O4S. The van der Waals surface area contributed by atoms with Crippen LogP contribution >= 0.6 is 11.6 Å². The van der Waals surface area contributed by atoms with Crippen molar-refractivity contribution in [2.24, 2.45) is 11.4 Å². The van der Waals surface area contributed by atoms with Gasteiger partial charge in [-0.15, -0.1) is 0 Å². The van der Waals surface area contributed by atoms with Crippen LogP contribution in [0.15, 0.2) is 22.7 Å². The molecule has 4 rings (SSSR count). The summed E-state index contributed by atoms with van der Waals surface area (Å²) in [7, 11) is -0.907. The molecule has 1 N–H and O–H groups in total. The minimum Gasteiger partial charge on any atom is -0.493 e. The van der Waals surface area contributed by atoms with Crippen molar-refractivity contribution in [2.75, 3.05) is 11.5 Å². The second kappa shape index (κ2) is 8.59. The molecule has 2 aliphatic rings. The lowest BCUT2D eigenvalue weighted by Crippen LogP contribution is -2.16. The van der Waals surface area contributed by atoms with Crippen molar-refractivity contribution in [2.45, 2.75) is 51.0 Å². The summed E-state index contributed by atoms with van der Waals surface area (Å²) in [6.07, 6.45) is 8.27. The average molecular weight is 452 g/mol. The Kier molecular flexibility index (Phi) is 6.06. The number of aryl methyl sites for hydroxylation is 1. The fourth-order valence-corrected chi connectivity index (χ4v) is 6.56. The Balaban J connectivity index is 1.80. The van der Waals surface area contributed by atoms with E-state index in [-0.39, 0.29) is 33.8 Å². The third kappa shape index (κ3) is 4.21. The number of hydrogen-bond donors (Lipinski definition) is 1. The zero-order chi connectivity index (χ0) is 21.3. The molecule has 1 aliphatic carbocycles. The number of hydrogen-bond acceptors (Lipinski definition) is 6. The minimum atomic E-state index is -2.45. The van der Waals surface area contributed by atoms with E-state index in [2.05, 4.69) is 9.46 Å². The third-order valence-electron chi connectivity index (χ3n) is 5.76. The first-order valence-corrected chi connectivity index (χ1v) is 12.6. The summed E-state index contributed by atoms with van der Waals surface area (Å²) in [6, 6.07) is 3.25. The average Bonchev–Trinajstić information content (AvgIpc) is 3.35. The molecule has 0 atom stereocenters. The molecule has 9 heteroatoms. The lowest BCUT2D eigenvalue weighted by molar-refractivity contribution is 0.103. The van der Waals surface area contributed by atoms with Gasteiger partial charge < -0.3 is 9.84 Å². The second-order valence-electron chi connectivity index (χ2n) is 7.97. The van der Waals surface area contributed by atoms with E-state index in [4.69, 9.17) is 16.3 Å². The Bertz CT molecular complexity index is 1070. The second-order valence-corrected chi connectivity index (χ2v) is 10.9. The highest BCUT2D eigenvalue weighted by molar-refractivity contribution is 7.93. The van der Waals surface area contributed by atoms with Crippen molar-refractivity contribution in [3.05, 3.63) is 34.5 Å². The Morgan fingerprint density at radius 3 is 2.53 bits per heavy atom. The smallest absolute Gasteiger partial charge is 0.220 e. The van der Waals surface area contributed by atoms with E-state index in [9.17, 15) is 14.1 Å². The highest BCUT2D eigenvalue weighted by Gasteiger charge is 2.26. The van der Waals surface area contributed by atoms with Gasteiger partial charge in [-0.3, -0.25) is 4.79 Å². The van der Waals surface area contributed by atoms with Gasteiger partial charge in [0, 0.05) is 24.1 Å². The molecule has 0 radical (unpaired) electrons. The highest BCUT2D eigenvalue weighted by Crippen LogP contribution is 2.42.